The Bertz CT molecular complexity index is 606. The summed E-state index contributed by atoms with van der Waals surface area (Å²) >= 11 is 9.59. The minimum absolute atomic E-state index is 0.0316. The van der Waals surface area contributed by atoms with E-state index in [1.807, 2.05) is 27.7 Å². The molecule has 1 aromatic rings. The summed E-state index contributed by atoms with van der Waals surface area (Å²) in [6.45, 7) is 8.19. The Morgan fingerprint density at radius 1 is 1.35 bits per heavy atom. The number of carboxylic acids is 1. The number of halogens is 2. The van der Waals surface area contributed by atoms with Crippen molar-refractivity contribution >= 4 is 39.5 Å². The van der Waals surface area contributed by atoms with Crippen LogP contribution < -0.4 is 0 Å². The molecule has 6 heteroatoms. The van der Waals surface area contributed by atoms with Crippen molar-refractivity contribution in [2.24, 2.45) is 5.41 Å². The highest BCUT2D eigenvalue weighted by molar-refractivity contribution is 9.10. The summed E-state index contributed by atoms with van der Waals surface area (Å²) in [6.07, 6.45) is 2.05. The van der Waals surface area contributed by atoms with E-state index in [4.69, 9.17) is 16.3 Å². The molecule has 0 amide bonds. The fraction of sp³-hybridized carbons (Fsp3) is 0.529. The van der Waals surface area contributed by atoms with Crippen LogP contribution in [0.25, 0.3) is 0 Å². The molecule has 1 N–H and O–H groups in total. The zero-order chi connectivity index (χ0) is 17.8. The van der Waals surface area contributed by atoms with Gasteiger partial charge in [-0.1, -0.05) is 45.7 Å². The number of unbranched alkanes of at least 4 members (excludes halogenated alkanes) is 1. The Labute approximate surface area is 150 Å². The summed E-state index contributed by atoms with van der Waals surface area (Å²) < 4.78 is 5.66. The smallest absolute Gasteiger partial charge is 0.339 e. The molecule has 4 nitrogen and oxygen atoms in total. The lowest BCUT2D eigenvalue weighted by Gasteiger charge is -2.22. The molecule has 1 aromatic carbocycles. The van der Waals surface area contributed by atoms with Crippen LogP contribution in [0.4, 0.5) is 0 Å². The summed E-state index contributed by atoms with van der Waals surface area (Å²) in [5.74, 6) is -1.82. The van der Waals surface area contributed by atoms with Gasteiger partial charge >= 0.3 is 11.9 Å². The van der Waals surface area contributed by atoms with Crippen molar-refractivity contribution in [3.05, 3.63) is 32.3 Å². The number of carbonyl (C=O) groups excluding carboxylic acids is 1. The minimum atomic E-state index is -1.18. The van der Waals surface area contributed by atoms with Gasteiger partial charge in [-0.25, -0.2) is 9.59 Å². The molecule has 0 bridgehead atoms. The van der Waals surface area contributed by atoms with Crippen LogP contribution in [-0.4, -0.2) is 23.7 Å². The molecule has 0 saturated carbocycles. The zero-order valence-electron chi connectivity index (χ0n) is 13.8. The van der Waals surface area contributed by atoms with Crippen molar-refractivity contribution in [2.45, 2.75) is 47.0 Å². The third kappa shape index (κ3) is 5.50. The lowest BCUT2D eigenvalue weighted by Crippen LogP contribution is -2.19. The summed E-state index contributed by atoms with van der Waals surface area (Å²) in [5.41, 5.74) is 0.222. The van der Waals surface area contributed by atoms with Crippen LogP contribution in [0.3, 0.4) is 0 Å². The van der Waals surface area contributed by atoms with Gasteiger partial charge < -0.3 is 9.84 Å². The first-order chi connectivity index (χ1) is 10.6. The molecular weight excluding hydrogens is 384 g/mol. The lowest BCUT2D eigenvalue weighted by atomic mass is 9.85. The first-order valence-corrected chi connectivity index (χ1v) is 8.67. The highest BCUT2D eigenvalue weighted by atomic mass is 79.9. The lowest BCUT2D eigenvalue weighted by molar-refractivity contribution is 0.0488. The van der Waals surface area contributed by atoms with Crippen molar-refractivity contribution in [3.63, 3.8) is 0 Å². The minimum Gasteiger partial charge on any atom is -0.478 e. The van der Waals surface area contributed by atoms with Crippen LogP contribution in [0.5, 0.6) is 0 Å². The van der Waals surface area contributed by atoms with Crippen molar-refractivity contribution < 1.29 is 19.4 Å². The average molecular weight is 406 g/mol. The maximum absolute atomic E-state index is 12.3. The summed E-state index contributed by atoms with van der Waals surface area (Å²) in [6, 6.07) is 1.42. The molecule has 0 aliphatic heterocycles. The maximum atomic E-state index is 12.3. The molecule has 0 fully saturated rings. The normalized spacial score (nSPS) is 11.4. The average Bonchev–Trinajstić information content (AvgIpc) is 2.41. The van der Waals surface area contributed by atoms with Crippen molar-refractivity contribution in [1.82, 2.24) is 0 Å². The van der Waals surface area contributed by atoms with Gasteiger partial charge in [-0.05, 0) is 45.8 Å². The van der Waals surface area contributed by atoms with Gasteiger partial charge in [0.05, 0.1) is 22.8 Å². The van der Waals surface area contributed by atoms with Gasteiger partial charge in [0, 0.05) is 4.47 Å². The fourth-order valence-corrected chi connectivity index (χ4v) is 2.85. The number of aromatic carboxylic acids is 1. The molecule has 0 aromatic heterocycles. The second-order valence-corrected chi connectivity index (χ2v) is 7.84. The first kappa shape index (κ1) is 20.0. The second kappa shape index (κ2) is 8.15. The van der Waals surface area contributed by atoms with Crippen LogP contribution in [0.15, 0.2) is 10.5 Å². The fourth-order valence-electron chi connectivity index (χ4n) is 2.17. The van der Waals surface area contributed by atoms with Crippen molar-refractivity contribution in [1.29, 1.82) is 0 Å². The van der Waals surface area contributed by atoms with Crippen LogP contribution in [0, 0.1) is 5.41 Å². The highest BCUT2D eigenvalue weighted by Gasteiger charge is 2.28. The van der Waals surface area contributed by atoms with Crippen molar-refractivity contribution in [2.75, 3.05) is 6.61 Å². The highest BCUT2D eigenvalue weighted by Crippen LogP contribution is 2.36. The van der Waals surface area contributed by atoms with E-state index in [-0.39, 0.29) is 23.1 Å². The van der Waals surface area contributed by atoms with E-state index in [9.17, 15) is 14.7 Å². The van der Waals surface area contributed by atoms with Crippen LogP contribution in [0.2, 0.25) is 5.02 Å². The molecule has 0 radical (unpaired) electrons. The van der Waals surface area contributed by atoms with E-state index < -0.39 is 11.9 Å². The first-order valence-electron chi connectivity index (χ1n) is 7.49. The molecule has 0 saturated heterocycles. The number of esters is 1. The van der Waals surface area contributed by atoms with Gasteiger partial charge in [0.25, 0.3) is 0 Å². The van der Waals surface area contributed by atoms with Gasteiger partial charge in [-0.15, -0.1) is 0 Å². The number of ether oxygens (including phenoxy) is 1. The van der Waals surface area contributed by atoms with Gasteiger partial charge in [-0.2, -0.15) is 0 Å². The third-order valence-corrected chi connectivity index (χ3v) is 4.47. The number of carboxylic acid groups (broad SMARTS) is 1. The van der Waals surface area contributed by atoms with Crippen LogP contribution in [-0.2, 0) is 11.2 Å². The van der Waals surface area contributed by atoms with Gasteiger partial charge in [-0.3, -0.25) is 0 Å². The molecule has 1 rings (SSSR count). The Balaban J connectivity index is 3.40. The Morgan fingerprint density at radius 2 is 1.96 bits per heavy atom. The third-order valence-electron chi connectivity index (χ3n) is 3.19. The topological polar surface area (TPSA) is 63.6 Å². The number of carbonyl (C=O) groups is 2. The monoisotopic (exact) mass is 404 g/mol. The van der Waals surface area contributed by atoms with E-state index in [2.05, 4.69) is 15.9 Å². The maximum Gasteiger partial charge on any atom is 0.339 e. The number of hydrogen-bond acceptors (Lipinski definition) is 3. The molecule has 23 heavy (non-hydrogen) atoms. The van der Waals surface area contributed by atoms with E-state index in [1.165, 1.54) is 6.07 Å². The quantitative estimate of drug-likeness (QED) is 0.512. The summed E-state index contributed by atoms with van der Waals surface area (Å²) in [4.78, 5) is 24.0. The van der Waals surface area contributed by atoms with Gasteiger partial charge in [0.2, 0.25) is 0 Å². The number of rotatable bonds is 6. The van der Waals surface area contributed by atoms with Gasteiger partial charge in [0.15, 0.2) is 0 Å². The van der Waals surface area contributed by atoms with Crippen LogP contribution in [0.1, 0.15) is 66.8 Å². The number of hydrogen-bond donors (Lipinski definition) is 1. The predicted octanol–water partition coefficient (Wildman–Crippen LogP) is 5.35. The Hall–Kier alpha value is -1.07. The molecule has 0 aliphatic carbocycles. The Morgan fingerprint density at radius 3 is 2.43 bits per heavy atom. The van der Waals surface area contributed by atoms with E-state index in [0.717, 1.165) is 12.8 Å². The Kier molecular flexibility index (Phi) is 7.08. The summed E-state index contributed by atoms with van der Waals surface area (Å²) in [7, 11) is 0. The molecule has 0 spiro atoms. The van der Waals surface area contributed by atoms with E-state index in [1.54, 1.807) is 0 Å². The van der Waals surface area contributed by atoms with Crippen LogP contribution >= 0.6 is 27.5 Å². The number of benzene rings is 1. The largest absolute Gasteiger partial charge is 0.478 e. The van der Waals surface area contributed by atoms with E-state index in [0.29, 0.717) is 21.5 Å². The van der Waals surface area contributed by atoms with Gasteiger partial charge in [0.1, 0.15) is 0 Å². The standard InChI is InChI=1S/C17H22BrClO4/c1-5-6-7-23-16(22)10-8-12(18)14(19)11(9-17(2,3)4)13(10)15(20)21/h8H,5-7,9H2,1-4H3,(H,20,21). The molecule has 0 aliphatic rings. The molecule has 0 unspecified atom stereocenters. The molecular formula is C17H22BrClO4. The van der Waals surface area contributed by atoms with Crippen molar-refractivity contribution in [3.8, 4) is 0 Å². The molecule has 0 heterocycles. The molecule has 128 valence electrons. The predicted molar refractivity (Wildman–Crippen MR) is 94.5 cm³/mol. The van der Waals surface area contributed by atoms with E-state index >= 15 is 0 Å². The summed E-state index contributed by atoms with van der Waals surface area (Å²) in [5, 5.41) is 9.92. The zero-order valence-corrected chi connectivity index (χ0v) is 16.2. The second-order valence-electron chi connectivity index (χ2n) is 6.61. The molecule has 0 atom stereocenters. The SMILES string of the molecule is CCCCOC(=O)c1cc(Br)c(Cl)c(CC(C)(C)C)c1C(=O)O.